The first kappa shape index (κ1) is 20.2. The van der Waals surface area contributed by atoms with Gasteiger partial charge in [-0.15, -0.1) is 11.6 Å². The molecule has 1 aromatic carbocycles. The molecule has 10 heteroatoms. The Morgan fingerprint density at radius 1 is 1.21 bits per heavy atom. The highest BCUT2D eigenvalue weighted by Crippen LogP contribution is 2.30. The first-order valence-corrected chi connectivity index (χ1v) is 8.96. The summed E-state index contributed by atoms with van der Waals surface area (Å²) in [6.45, 7) is 2.15. The number of alkyl halides is 4. The van der Waals surface area contributed by atoms with Crippen LogP contribution in [0.15, 0.2) is 24.3 Å². The molecule has 0 radical (unpaired) electrons. The summed E-state index contributed by atoms with van der Waals surface area (Å²) in [6.07, 6.45) is -5.11. The van der Waals surface area contributed by atoms with Gasteiger partial charge in [0.05, 0.1) is 30.2 Å². The van der Waals surface area contributed by atoms with Gasteiger partial charge in [-0.3, -0.25) is 9.48 Å². The Hall–Kier alpha value is -2.55. The predicted molar refractivity (Wildman–Crippen MR) is 94.1 cm³/mol. The van der Waals surface area contributed by atoms with Crippen molar-refractivity contribution >= 4 is 23.5 Å². The third-order valence-corrected chi connectivity index (χ3v) is 4.53. The van der Waals surface area contributed by atoms with Crippen molar-refractivity contribution in [1.29, 1.82) is 0 Å². The average molecular weight is 416 g/mol. The van der Waals surface area contributed by atoms with Gasteiger partial charge in [0.1, 0.15) is 12.3 Å². The first-order chi connectivity index (χ1) is 13.2. The van der Waals surface area contributed by atoms with Crippen molar-refractivity contribution in [1.82, 2.24) is 14.7 Å². The number of hydrogen-bond donors (Lipinski definition) is 0. The van der Waals surface area contributed by atoms with Crippen LogP contribution >= 0.6 is 11.6 Å². The van der Waals surface area contributed by atoms with E-state index in [1.54, 1.807) is 17.7 Å². The van der Waals surface area contributed by atoms with E-state index >= 15 is 0 Å². The fraction of sp³-hybridized carbons (Fsp3) is 0.389. The standard InChI is InChI=1S/C18H17ClF3N3O3/c1-11-4-12(6-13(5-11)18(20,21)22)10-28-17(27)24-2-3-25-14(9-24)7-15(23-25)16(26)8-19/h4-7H,2-3,8-10H2,1H3. The van der Waals surface area contributed by atoms with E-state index < -0.39 is 17.8 Å². The second-order valence-electron chi connectivity index (χ2n) is 6.48. The maximum absolute atomic E-state index is 12.9. The Labute approximate surface area is 163 Å². The highest BCUT2D eigenvalue weighted by molar-refractivity contribution is 6.30. The van der Waals surface area contributed by atoms with Crippen LogP contribution in [-0.2, 0) is 30.6 Å². The maximum atomic E-state index is 12.9. The number of Topliss-reactive ketones (excluding diaryl/α,β-unsaturated/α-hetero) is 1. The molecule has 0 spiro atoms. The molecule has 2 heterocycles. The van der Waals surface area contributed by atoms with E-state index in [0.29, 0.717) is 24.3 Å². The molecule has 0 saturated carbocycles. The molecule has 0 unspecified atom stereocenters. The number of halogens is 4. The van der Waals surface area contributed by atoms with Gasteiger partial charge in [-0.2, -0.15) is 18.3 Å². The molecule has 0 fully saturated rings. The second kappa shape index (κ2) is 7.83. The van der Waals surface area contributed by atoms with E-state index in [1.165, 1.54) is 11.0 Å². The van der Waals surface area contributed by atoms with Crippen LogP contribution in [-0.4, -0.2) is 39.0 Å². The quantitative estimate of drug-likeness (QED) is 0.563. The lowest BCUT2D eigenvalue weighted by atomic mass is 10.1. The van der Waals surface area contributed by atoms with Crippen LogP contribution in [0.2, 0.25) is 0 Å². The summed E-state index contributed by atoms with van der Waals surface area (Å²) >= 11 is 5.53. The van der Waals surface area contributed by atoms with Gasteiger partial charge in [0.2, 0.25) is 0 Å². The van der Waals surface area contributed by atoms with Gasteiger partial charge < -0.3 is 9.64 Å². The number of rotatable bonds is 4. The molecule has 0 atom stereocenters. The molecule has 0 saturated heterocycles. The van der Waals surface area contributed by atoms with E-state index in [0.717, 1.165) is 12.1 Å². The molecule has 1 aromatic heterocycles. The Kier molecular flexibility index (Phi) is 5.64. The van der Waals surface area contributed by atoms with E-state index in [4.69, 9.17) is 16.3 Å². The Morgan fingerprint density at radius 2 is 1.96 bits per heavy atom. The zero-order valence-corrected chi connectivity index (χ0v) is 15.7. The molecule has 1 aliphatic rings. The number of amides is 1. The van der Waals surface area contributed by atoms with E-state index in [2.05, 4.69) is 5.10 Å². The van der Waals surface area contributed by atoms with Crippen molar-refractivity contribution in [3.8, 4) is 0 Å². The average Bonchev–Trinajstić information content (AvgIpc) is 3.07. The molecular weight excluding hydrogens is 399 g/mol. The van der Waals surface area contributed by atoms with Crippen molar-refractivity contribution in [2.45, 2.75) is 32.8 Å². The summed E-state index contributed by atoms with van der Waals surface area (Å²) in [5, 5.41) is 4.15. The van der Waals surface area contributed by atoms with E-state index in [-0.39, 0.29) is 36.1 Å². The molecule has 2 aromatic rings. The molecule has 150 valence electrons. The van der Waals surface area contributed by atoms with Crippen molar-refractivity contribution in [3.63, 3.8) is 0 Å². The number of ketones is 1. The summed E-state index contributed by atoms with van der Waals surface area (Å²) in [5.41, 5.74) is 0.806. The first-order valence-electron chi connectivity index (χ1n) is 8.42. The fourth-order valence-corrected chi connectivity index (χ4v) is 3.11. The van der Waals surface area contributed by atoms with Crippen LogP contribution in [0.1, 0.15) is 32.9 Å². The molecular formula is C18H17ClF3N3O3. The Morgan fingerprint density at radius 3 is 2.64 bits per heavy atom. The van der Waals surface area contributed by atoms with Crippen LogP contribution in [0.3, 0.4) is 0 Å². The lowest BCUT2D eigenvalue weighted by Crippen LogP contribution is -2.38. The van der Waals surface area contributed by atoms with Crippen molar-refractivity contribution in [2.75, 3.05) is 12.4 Å². The highest BCUT2D eigenvalue weighted by Gasteiger charge is 2.31. The van der Waals surface area contributed by atoms with Crippen LogP contribution < -0.4 is 0 Å². The summed E-state index contributed by atoms with van der Waals surface area (Å²) < 4.78 is 45.5. The topological polar surface area (TPSA) is 64.4 Å². The van der Waals surface area contributed by atoms with E-state index in [1.807, 2.05) is 0 Å². The van der Waals surface area contributed by atoms with Crippen LogP contribution in [0.4, 0.5) is 18.0 Å². The zero-order valence-electron chi connectivity index (χ0n) is 14.9. The number of aromatic nitrogens is 2. The van der Waals surface area contributed by atoms with Gasteiger partial charge in [0.15, 0.2) is 5.78 Å². The lowest BCUT2D eigenvalue weighted by Gasteiger charge is -2.27. The van der Waals surface area contributed by atoms with Gasteiger partial charge in [-0.25, -0.2) is 4.79 Å². The predicted octanol–water partition coefficient (Wildman–Crippen LogP) is 3.78. The minimum Gasteiger partial charge on any atom is -0.445 e. The third kappa shape index (κ3) is 4.46. The van der Waals surface area contributed by atoms with E-state index in [9.17, 15) is 22.8 Å². The SMILES string of the molecule is Cc1cc(COC(=O)N2CCn3nc(C(=O)CCl)cc3C2)cc(C(F)(F)F)c1. The number of carbonyl (C=O) groups excluding carboxylic acids is 2. The van der Waals surface area contributed by atoms with Crippen LogP contribution in [0.25, 0.3) is 0 Å². The molecule has 1 amide bonds. The van der Waals surface area contributed by atoms with Gasteiger partial charge in [-0.1, -0.05) is 11.6 Å². The highest BCUT2D eigenvalue weighted by atomic mass is 35.5. The summed E-state index contributed by atoms with van der Waals surface area (Å²) in [7, 11) is 0. The smallest absolute Gasteiger partial charge is 0.416 e. The van der Waals surface area contributed by atoms with Crippen molar-refractivity contribution < 1.29 is 27.5 Å². The van der Waals surface area contributed by atoms with Crippen molar-refractivity contribution in [2.24, 2.45) is 0 Å². The number of hydrogen-bond acceptors (Lipinski definition) is 4. The van der Waals surface area contributed by atoms with Crippen LogP contribution in [0, 0.1) is 6.92 Å². The van der Waals surface area contributed by atoms with Gasteiger partial charge in [-0.05, 0) is 30.7 Å². The molecule has 28 heavy (non-hydrogen) atoms. The molecule has 0 N–H and O–H groups in total. The maximum Gasteiger partial charge on any atom is 0.416 e. The number of nitrogens with zero attached hydrogens (tertiary/aromatic N) is 3. The molecule has 3 rings (SSSR count). The second-order valence-corrected chi connectivity index (χ2v) is 6.75. The molecule has 1 aliphatic heterocycles. The largest absolute Gasteiger partial charge is 0.445 e. The normalized spacial score (nSPS) is 14.0. The lowest BCUT2D eigenvalue weighted by molar-refractivity contribution is -0.137. The number of benzene rings is 1. The van der Waals surface area contributed by atoms with Gasteiger partial charge in [0, 0.05) is 6.54 Å². The fourth-order valence-electron chi connectivity index (χ4n) is 2.97. The molecule has 0 aliphatic carbocycles. The minimum absolute atomic E-state index is 0.182. The summed E-state index contributed by atoms with van der Waals surface area (Å²) in [4.78, 5) is 25.4. The number of ether oxygens (including phenoxy) is 1. The third-order valence-electron chi connectivity index (χ3n) is 4.29. The monoisotopic (exact) mass is 415 g/mol. The van der Waals surface area contributed by atoms with Gasteiger partial charge in [0.25, 0.3) is 0 Å². The van der Waals surface area contributed by atoms with Crippen LogP contribution in [0.5, 0.6) is 0 Å². The number of fused-ring (bicyclic) bond motifs is 1. The Bertz CT molecular complexity index is 911. The minimum atomic E-state index is -4.46. The van der Waals surface area contributed by atoms with Crippen molar-refractivity contribution in [3.05, 3.63) is 52.3 Å². The molecule has 0 bridgehead atoms. The summed E-state index contributed by atoms with van der Waals surface area (Å²) in [6, 6.07) is 5.12. The zero-order chi connectivity index (χ0) is 20.5. The molecule has 6 nitrogen and oxygen atoms in total. The number of carbonyl (C=O) groups is 2. The Balaban J connectivity index is 1.64. The number of aryl methyl sites for hydroxylation is 1. The van der Waals surface area contributed by atoms with Gasteiger partial charge >= 0.3 is 12.3 Å². The summed E-state index contributed by atoms with van der Waals surface area (Å²) in [5.74, 6) is -0.490.